The Morgan fingerprint density at radius 3 is 2.80 bits per heavy atom. The zero-order chi connectivity index (χ0) is 20.7. The molecule has 5 N–H and O–H groups in total. The van der Waals surface area contributed by atoms with E-state index < -0.39 is 11.9 Å². The highest BCUT2D eigenvalue weighted by Gasteiger charge is 2.26. The van der Waals surface area contributed by atoms with Gasteiger partial charge >= 0.3 is 6.03 Å². The van der Waals surface area contributed by atoms with Crippen LogP contribution in [0, 0.1) is 5.92 Å². The van der Waals surface area contributed by atoms with Crippen molar-refractivity contribution in [3.63, 3.8) is 0 Å². The molecule has 3 fully saturated rings. The molecule has 2 aliphatic heterocycles. The van der Waals surface area contributed by atoms with Crippen LogP contribution in [0.5, 0.6) is 0 Å². The monoisotopic (exact) mass is 410 g/mol. The molecule has 11 nitrogen and oxygen atoms in total. The lowest BCUT2D eigenvalue weighted by molar-refractivity contribution is -0.120. The first kappa shape index (κ1) is 18.6. The normalized spacial score (nSPS) is 22.8. The molecule has 0 bridgehead atoms. The first-order chi connectivity index (χ1) is 14.6. The lowest BCUT2D eigenvalue weighted by atomic mass is 9.99. The lowest BCUT2D eigenvalue weighted by Crippen LogP contribution is -2.37. The molecule has 1 saturated carbocycles. The molecule has 30 heavy (non-hydrogen) atoms. The summed E-state index contributed by atoms with van der Waals surface area (Å²) in [6.45, 7) is 1.58. The third kappa shape index (κ3) is 3.71. The molecule has 2 saturated heterocycles. The highest BCUT2D eigenvalue weighted by Crippen LogP contribution is 2.28. The molecule has 4 amide bonds. The van der Waals surface area contributed by atoms with Crippen LogP contribution < -0.4 is 26.6 Å². The molecule has 2 aromatic heterocycles. The summed E-state index contributed by atoms with van der Waals surface area (Å²) in [7, 11) is 0. The van der Waals surface area contributed by atoms with Crippen LogP contribution >= 0.6 is 0 Å². The van der Waals surface area contributed by atoms with Gasteiger partial charge in [-0.15, -0.1) is 0 Å². The van der Waals surface area contributed by atoms with Gasteiger partial charge in [-0.3, -0.25) is 14.9 Å². The Bertz CT molecular complexity index is 1070. The van der Waals surface area contributed by atoms with Gasteiger partial charge in [0.25, 0.3) is 5.91 Å². The summed E-state index contributed by atoms with van der Waals surface area (Å²) in [5, 5.41) is 18.6. The smallest absolute Gasteiger partial charge is 0.326 e. The fourth-order valence-electron chi connectivity index (χ4n) is 3.63. The second-order valence-electron chi connectivity index (χ2n) is 7.78. The number of aromatic nitrogens is 3. The van der Waals surface area contributed by atoms with Crippen LogP contribution in [0.25, 0.3) is 11.7 Å². The second-order valence-corrected chi connectivity index (χ2v) is 7.78. The van der Waals surface area contributed by atoms with E-state index in [2.05, 4.69) is 36.7 Å². The summed E-state index contributed by atoms with van der Waals surface area (Å²) in [5.74, 6) is 0.453. The zero-order valence-corrected chi connectivity index (χ0v) is 16.2. The number of carbonyl (C=O) groups is 3. The third-order valence-corrected chi connectivity index (χ3v) is 5.37. The topological polar surface area (TPSA) is 142 Å². The number of anilines is 2. The van der Waals surface area contributed by atoms with Gasteiger partial charge < -0.3 is 21.3 Å². The predicted molar refractivity (Wildman–Crippen MR) is 109 cm³/mol. The average molecular weight is 410 g/mol. The van der Waals surface area contributed by atoms with Gasteiger partial charge in [0.2, 0.25) is 5.91 Å². The fraction of sp³-hybridized carbons (Fsp3) is 0.421. The zero-order valence-electron chi connectivity index (χ0n) is 16.2. The highest BCUT2D eigenvalue weighted by atomic mass is 16.2. The number of amides is 4. The summed E-state index contributed by atoms with van der Waals surface area (Å²) in [6, 6.07) is 1.57. The van der Waals surface area contributed by atoms with Crippen LogP contribution in [0.1, 0.15) is 31.2 Å². The number of hydrogen-bond donors (Lipinski definition) is 5. The van der Waals surface area contributed by atoms with Gasteiger partial charge in [0, 0.05) is 24.2 Å². The van der Waals surface area contributed by atoms with Crippen molar-refractivity contribution >= 4 is 41.2 Å². The summed E-state index contributed by atoms with van der Waals surface area (Å²) < 4.78 is 1.64. The first-order valence-corrected chi connectivity index (χ1v) is 10.1. The summed E-state index contributed by atoms with van der Waals surface area (Å²) >= 11 is 0. The van der Waals surface area contributed by atoms with Crippen molar-refractivity contribution in [1.82, 2.24) is 30.5 Å². The standard InChI is InChI=1S/C19H22N8O3/c28-17(10-2-1-5-20-8-10)25-14-7-15(22-12-3-4-12)27-16(24-14)11(9-21-27)6-13-18(29)26-19(30)23-13/h6-7,9-10,12,20,22H,1-5,8H2,(H,24,25,28)(H2,23,26,29,30)/b13-6-. The number of piperidine rings is 1. The average Bonchev–Trinajstić information content (AvgIpc) is 3.37. The highest BCUT2D eigenvalue weighted by molar-refractivity contribution is 6.14. The first-order valence-electron chi connectivity index (χ1n) is 10.1. The van der Waals surface area contributed by atoms with Gasteiger partial charge in [-0.25, -0.2) is 9.78 Å². The van der Waals surface area contributed by atoms with E-state index in [1.54, 1.807) is 16.8 Å². The molecule has 1 atom stereocenters. The molecular formula is C19H22N8O3. The van der Waals surface area contributed by atoms with Crippen molar-refractivity contribution in [2.75, 3.05) is 23.7 Å². The molecule has 0 radical (unpaired) electrons. The molecule has 0 aromatic carbocycles. The van der Waals surface area contributed by atoms with Gasteiger partial charge in [0.15, 0.2) is 5.65 Å². The van der Waals surface area contributed by atoms with Gasteiger partial charge in [-0.05, 0) is 38.3 Å². The Hall–Kier alpha value is -3.47. The van der Waals surface area contributed by atoms with Crippen molar-refractivity contribution in [2.45, 2.75) is 31.7 Å². The maximum atomic E-state index is 12.7. The largest absolute Gasteiger partial charge is 0.367 e. The Morgan fingerprint density at radius 2 is 2.10 bits per heavy atom. The van der Waals surface area contributed by atoms with Crippen LogP contribution in [-0.4, -0.2) is 51.6 Å². The van der Waals surface area contributed by atoms with Crippen LogP contribution in [0.4, 0.5) is 16.4 Å². The van der Waals surface area contributed by atoms with Gasteiger partial charge in [-0.2, -0.15) is 9.61 Å². The third-order valence-electron chi connectivity index (χ3n) is 5.37. The number of carbonyl (C=O) groups excluding carboxylic acids is 3. The van der Waals surface area contributed by atoms with Crippen LogP contribution in [0.3, 0.4) is 0 Å². The number of urea groups is 1. The van der Waals surface area contributed by atoms with Gasteiger partial charge in [0.1, 0.15) is 17.3 Å². The Labute approximate surface area is 171 Å². The molecule has 0 spiro atoms. The van der Waals surface area contributed by atoms with Crippen molar-refractivity contribution in [2.24, 2.45) is 5.92 Å². The molecule has 3 aliphatic rings. The van der Waals surface area contributed by atoms with Crippen LogP contribution in [-0.2, 0) is 9.59 Å². The molecule has 4 heterocycles. The maximum absolute atomic E-state index is 12.7. The van der Waals surface area contributed by atoms with Gasteiger partial charge in [-0.1, -0.05) is 0 Å². The SMILES string of the molecule is O=C1NC(=O)/C(=C/c2cnn3c(NC4CC4)cc(NC(=O)C4CCCNC4)nc23)N1. The number of rotatable bonds is 5. The summed E-state index contributed by atoms with van der Waals surface area (Å²) in [5.41, 5.74) is 1.15. The number of nitrogens with zero attached hydrogens (tertiary/aromatic N) is 3. The number of nitrogens with one attached hydrogen (secondary N) is 5. The molecular weight excluding hydrogens is 388 g/mol. The Balaban J connectivity index is 1.49. The molecule has 11 heteroatoms. The minimum Gasteiger partial charge on any atom is -0.367 e. The quantitative estimate of drug-likeness (QED) is 0.355. The molecule has 156 valence electrons. The van der Waals surface area contributed by atoms with E-state index in [4.69, 9.17) is 0 Å². The van der Waals surface area contributed by atoms with E-state index in [9.17, 15) is 14.4 Å². The molecule has 5 rings (SSSR count). The maximum Gasteiger partial charge on any atom is 0.326 e. The van der Waals surface area contributed by atoms with E-state index >= 15 is 0 Å². The van der Waals surface area contributed by atoms with Crippen molar-refractivity contribution in [3.8, 4) is 0 Å². The molecule has 1 unspecified atom stereocenters. The molecule has 2 aromatic rings. The van der Waals surface area contributed by atoms with Crippen LogP contribution in [0.2, 0.25) is 0 Å². The van der Waals surface area contributed by atoms with E-state index in [0.717, 1.165) is 32.2 Å². The Morgan fingerprint density at radius 1 is 1.23 bits per heavy atom. The van der Waals surface area contributed by atoms with Gasteiger partial charge in [0.05, 0.1) is 12.1 Å². The van der Waals surface area contributed by atoms with Crippen LogP contribution in [0.15, 0.2) is 18.0 Å². The fourth-order valence-corrected chi connectivity index (χ4v) is 3.63. The van der Waals surface area contributed by atoms with E-state index in [1.807, 2.05) is 0 Å². The summed E-state index contributed by atoms with van der Waals surface area (Å²) in [4.78, 5) is 40.5. The minimum atomic E-state index is -0.569. The molecule has 1 aliphatic carbocycles. The number of fused-ring (bicyclic) bond motifs is 1. The number of imide groups is 1. The van der Waals surface area contributed by atoms with Crippen molar-refractivity contribution in [1.29, 1.82) is 0 Å². The summed E-state index contributed by atoms with van der Waals surface area (Å²) in [6.07, 6.45) is 7.04. The second kappa shape index (κ2) is 7.41. The van der Waals surface area contributed by atoms with E-state index in [0.29, 0.717) is 35.4 Å². The number of hydrogen-bond acceptors (Lipinski definition) is 7. The van der Waals surface area contributed by atoms with Crippen molar-refractivity contribution < 1.29 is 14.4 Å². The van der Waals surface area contributed by atoms with E-state index in [1.165, 1.54) is 6.08 Å². The predicted octanol–water partition coefficient (Wildman–Crippen LogP) is 0.422. The Kier molecular flexibility index (Phi) is 4.58. The lowest BCUT2D eigenvalue weighted by Gasteiger charge is -2.21. The van der Waals surface area contributed by atoms with E-state index in [-0.39, 0.29) is 17.5 Å². The van der Waals surface area contributed by atoms with Crippen molar-refractivity contribution in [3.05, 3.63) is 23.5 Å². The minimum absolute atomic E-state index is 0.0710.